The van der Waals surface area contributed by atoms with Crippen LogP contribution in [0.5, 0.6) is 0 Å². The Bertz CT molecular complexity index is 401. The fourth-order valence-electron chi connectivity index (χ4n) is 1.61. The van der Waals surface area contributed by atoms with Crippen molar-refractivity contribution >= 4 is 5.91 Å². The minimum atomic E-state index is -0.478. The Balaban J connectivity index is 2.34. The number of carbonyl (C=O) groups is 1. The van der Waals surface area contributed by atoms with Gasteiger partial charge >= 0.3 is 0 Å². The van der Waals surface area contributed by atoms with E-state index in [0.717, 1.165) is 0 Å². The van der Waals surface area contributed by atoms with Crippen LogP contribution in [0.25, 0.3) is 0 Å². The van der Waals surface area contributed by atoms with Crippen LogP contribution in [0.4, 0.5) is 0 Å². The Morgan fingerprint density at radius 1 is 1.43 bits per heavy atom. The quantitative estimate of drug-likeness (QED) is 0.555. The first-order valence-corrected chi connectivity index (χ1v) is 4.20. The van der Waals surface area contributed by atoms with Gasteiger partial charge < -0.3 is 5.32 Å². The van der Waals surface area contributed by atoms with E-state index in [4.69, 9.17) is 0 Å². The van der Waals surface area contributed by atoms with Gasteiger partial charge in [0.05, 0.1) is 0 Å². The van der Waals surface area contributed by atoms with Gasteiger partial charge in [-0.25, -0.2) is 0 Å². The zero-order valence-electron chi connectivity index (χ0n) is 7.27. The van der Waals surface area contributed by atoms with Crippen molar-refractivity contribution in [2.24, 2.45) is 0 Å². The third-order valence-corrected chi connectivity index (χ3v) is 2.22. The molecule has 1 N–H and O–H groups in total. The van der Waals surface area contributed by atoms with E-state index in [-0.39, 0.29) is 12.5 Å². The van der Waals surface area contributed by atoms with Gasteiger partial charge in [-0.1, -0.05) is 18.2 Å². The highest BCUT2D eigenvalue weighted by molar-refractivity contribution is 5.99. The second-order valence-corrected chi connectivity index (χ2v) is 3.13. The van der Waals surface area contributed by atoms with Crippen molar-refractivity contribution in [1.29, 1.82) is 0 Å². The summed E-state index contributed by atoms with van der Waals surface area (Å²) < 4.78 is 0. The molecule has 0 radical (unpaired) electrons. The molecule has 1 aliphatic heterocycles. The van der Waals surface area contributed by atoms with E-state index in [1.807, 2.05) is 0 Å². The summed E-state index contributed by atoms with van der Waals surface area (Å²) in [7, 11) is 0. The highest BCUT2D eigenvalue weighted by atomic mass is 16.6. The second-order valence-electron chi connectivity index (χ2n) is 3.13. The van der Waals surface area contributed by atoms with E-state index in [9.17, 15) is 14.9 Å². The Hall–Kier alpha value is -1.91. The number of carbonyl (C=O) groups excluding carboxylic acids is 1. The molecule has 1 aromatic rings. The lowest BCUT2D eigenvalue weighted by molar-refractivity contribution is -0.483. The fraction of sp³-hybridized carbons (Fsp3) is 0.222. The van der Waals surface area contributed by atoms with Gasteiger partial charge in [-0.2, -0.15) is 0 Å². The number of amides is 1. The smallest absolute Gasteiger partial charge is 0.252 e. The van der Waals surface area contributed by atoms with E-state index < -0.39 is 11.0 Å². The van der Waals surface area contributed by atoms with Gasteiger partial charge in [0.25, 0.3) is 5.91 Å². The number of nitro groups is 1. The van der Waals surface area contributed by atoms with Gasteiger partial charge in [0.1, 0.15) is 6.04 Å². The minimum absolute atomic E-state index is 0.229. The molecule has 0 fully saturated rings. The van der Waals surface area contributed by atoms with Crippen molar-refractivity contribution < 1.29 is 9.72 Å². The number of nitrogens with zero attached hydrogens (tertiary/aromatic N) is 1. The maximum atomic E-state index is 11.3. The maximum absolute atomic E-state index is 11.3. The largest absolute Gasteiger partial charge is 0.339 e. The maximum Gasteiger partial charge on any atom is 0.252 e. The Labute approximate surface area is 79.9 Å². The highest BCUT2D eigenvalue weighted by Gasteiger charge is 2.30. The minimum Gasteiger partial charge on any atom is -0.339 e. The molecule has 5 nitrogen and oxygen atoms in total. The molecule has 5 heteroatoms. The molecule has 0 bridgehead atoms. The zero-order chi connectivity index (χ0) is 10.1. The third kappa shape index (κ3) is 1.32. The average Bonchev–Trinajstić information content (AvgIpc) is 2.44. The molecular formula is C9H8N2O3. The van der Waals surface area contributed by atoms with Gasteiger partial charge in [-0.05, 0) is 11.6 Å². The summed E-state index contributed by atoms with van der Waals surface area (Å²) in [6, 6.07) is 6.44. The summed E-state index contributed by atoms with van der Waals surface area (Å²) in [5, 5.41) is 12.9. The van der Waals surface area contributed by atoms with Crippen LogP contribution in [0, 0.1) is 10.1 Å². The Morgan fingerprint density at radius 2 is 2.14 bits per heavy atom. The normalized spacial score (nSPS) is 18.9. The molecule has 2 rings (SSSR count). The molecule has 0 aliphatic carbocycles. The van der Waals surface area contributed by atoms with Gasteiger partial charge in [0.2, 0.25) is 6.54 Å². The number of benzene rings is 1. The van der Waals surface area contributed by atoms with E-state index in [1.165, 1.54) is 0 Å². The molecule has 1 atom stereocenters. The van der Waals surface area contributed by atoms with Crippen LogP contribution in [-0.4, -0.2) is 17.4 Å². The van der Waals surface area contributed by atoms with Gasteiger partial charge in [-0.3, -0.25) is 14.9 Å². The SMILES string of the molecule is O=C1NC(C[N+](=O)[O-])c2ccccc21. The standard InChI is InChI=1S/C9H8N2O3/c12-9-7-4-2-1-3-6(7)8(10-9)5-11(13)14/h1-4,8H,5H2,(H,10,12). The molecule has 1 amide bonds. The van der Waals surface area contributed by atoms with Crippen LogP contribution in [0.1, 0.15) is 22.0 Å². The topological polar surface area (TPSA) is 72.2 Å². The molecule has 0 spiro atoms. The van der Waals surface area contributed by atoms with Crippen molar-refractivity contribution in [3.63, 3.8) is 0 Å². The highest BCUT2D eigenvalue weighted by Crippen LogP contribution is 2.24. The molecule has 72 valence electrons. The fourth-order valence-corrected chi connectivity index (χ4v) is 1.61. The summed E-state index contributed by atoms with van der Waals surface area (Å²) in [4.78, 5) is 21.2. The van der Waals surface area contributed by atoms with E-state index in [1.54, 1.807) is 24.3 Å². The van der Waals surface area contributed by atoms with Crippen LogP contribution in [0.2, 0.25) is 0 Å². The number of nitrogens with one attached hydrogen (secondary N) is 1. The number of hydrogen-bond acceptors (Lipinski definition) is 3. The average molecular weight is 192 g/mol. The molecular weight excluding hydrogens is 184 g/mol. The number of rotatable bonds is 2. The molecule has 1 heterocycles. The van der Waals surface area contributed by atoms with Crippen molar-refractivity contribution in [3.05, 3.63) is 45.5 Å². The van der Waals surface area contributed by atoms with E-state index in [0.29, 0.717) is 11.1 Å². The first-order valence-electron chi connectivity index (χ1n) is 4.20. The van der Waals surface area contributed by atoms with Crippen molar-refractivity contribution in [3.8, 4) is 0 Å². The molecule has 1 aliphatic rings. The summed E-state index contributed by atoms with van der Waals surface area (Å²) in [6.45, 7) is -0.261. The van der Waals surface area contributed by atoms with Gasteiger partial charge in [-0.15, -0.1) is 0 Å². The van der Waals surface area contributed by atoms with Gasteiger partial charge in [0, 0.05) is 10.5 Å². The lowest BCUT2D eigenvalue weighted by Crippen LogP contribution is -2.25. The first-order chi connectivity index (χ1) is 6.68. The number of fused-ring (bicyclic) bond motifs is 1. The van der Waals surface area contributed by atoms with Crippen LogP contribution in [0.15, 0.2) is 24.3 Å². The van der Waals surface area contributed by atoms with Crippen LogP contribution in [-0.2, 0) is 0 Å². The van der Waals surface area contributed by atoms with E-state index >= 15 is 0 Å². The van der Waals surface area contributed by atoms with Crippen LogP contribution in [0.3, 0.4) is 0 Å². The summed E-state index contributed by atoms with van der Waals surface area (Å²) in [6.07, 6.45) is 0. The lowest BCUT2D eigenvalue weighted by Gasteiger charge is -2.04. The Kier molecular flexibility index (Phi) is 1.92. The van der Waals surface area contributed by atoms with Crippen LogP contribution >= 0.6 is 0 Å². The Morgan fingerprint density at radius 3 is 2.86 bits per heavy atom. The lowest BCUT2D eigenvalue weighted by atomic mass is 10.1. The summed E-state index contributed by atoms with van der Waals surface area (Å²) >= 11 is 0. The van der Waals surface area contributed by atoms with Crippen LogP contribution < -0.4 is 5.32 Å². The third-order valence-electron chi connectivity index (χ3n) is 2.22. The molecule has 0 saturated carbocycles. The van der Waals surface area contributed by atoms with Crippen molar-refractivity contribution in [1.82, 2.24) is 5.32 Å². The van der Waals surface area contributed by atoms with E-state index in [2.05, 4.69) is 5.32 Å². The summed E-state index contributed by atoms with van der Waals surface area (Å²) in [5.74, 6) is -0.229. The molecule has 0 aromatic heterocycles. The van der Waals surface area contributed by atoms with Gasteiger partial charge in [0.15, 0.2) is 0 Å². The number of hydrogen-bond donors (Lipinski definition) is 1. The monoisotopic (exact) mass is 192 g/mol. The zero-order valence-corrected chi connectivity index (χ0v) is 7.27. The van der Waals surface area contributed by atoms with Crippen molar-refractivity contribution in [2.45, 2.75) is 6.04 Å². The second kappa shape index (κ2) is 3.10. The molecule has 1 aromatic carbocycles. The van der Waals surface area contributed by atoms with Crippen molar-refractivity contribution in [2.75, 3.05) is 6.54 Å². The first kappa shape index (κ1) is 8.68. The predicted molar refractivity (Wildman–Crippen MR) is 48.5 cm³/mol. The predicted octanol–water partition coefficient (Wildman–Crippen LogP) is 0.748. The molecule has 1 unspecified atom stereocenters. The molecule has 0 saturated heterocycles. The summed E-state index contributed by atoms with van der Waals surface area (Å²) in [5.41, 5.74) is 1.26. The molecule has 14 heavy (non-hydrogen) atoms.